The van der Waals surface area contributed by atoms with Crippen LogP contribution in [-0.4, -0.2) is 13.0 Å². The van der Waals surface area contributed by atoms with Gasteiger partial charge in [0.25, 0.3) is 0 Å². The zero-order chi connectivity index (χ0) is 14.4. The maximum Gasteiger partial charge on any atom is 0.229 e. The zero-order valence-corrected chi connectivity index (χ0v) is 12.7. The van der Waals surface area contributed by atoms with Gasteiger partial charge < -0.3 is 10.6 Å². The molecule has 0 saturated carbocycles. The summed E-state index contributed by atoms with van der Waals surface area (Å²) < 4.78 is 0. The lowest BCUT2D eigenvalue weighted by atomic mass is 9.96. The smallest absolute Gasteiger partial charge is 0.229 e. The third kappa shape index (κ3) is 4.13. The van der Waals surface area contributed by atoms with Gasteiger partial charge in [-0.3, -0.25) is 4.79 Å². The molecule has 0 aliphatic rings. The van der Waals surface area contributed by atoms with Gasteiger partial charge in [-0.25, -0.2) is 0 Å². The van der Waals surface area contributed by atoms with E-state index in [1.54, 1.807) is 30.1 Å². The Labute approximate surface area is 120 Å². The molecule has 0 spiro atoms. The van der Waals surface area contributed by atoms with Crippen LogP contribution in [0.25, 0.3) is 0 Å². The second kappa shape index (κ2) is 7.39. The van der Waals surface area contributed by atoms with Gasteiger partial charge >= 0.3 is 0 Å². The van der Waals surface area contributed by atoms with Gasteiger partial charge in [-0.2, -0.15) is 0 Å². The SMILES string of the molecule is CCCC(CCC)C(=O)N(C)c1cc(Cl)ccc1N. The van der Waals surface area contributed by atoms with Crippen LogP contribution < -0.4 is 10.6 Å². The van der Waals surface area contributed by atoms with Crippen LogP contribution in [0.1, 0.15) is 39.5 Å². The van der Waals surface area contributed by atoms with Crippen LogP contribution in [0.4, 0.5) is 11.4 Å². The van der Waals surface area contributed by atoms with Gasteiger partial charge in [-0.15, -0.1) is 0 Å². The van der Waals surface area contributed by atoms with E-state index in [-0.39, 0.29) is 11.8 Å². The second-order valence-corrected chi connectivity index (χ2v) is 5.31. The highest BCUT2D eigenvalue weighted by molar-refractivity contribution is 6.31. The number of carbonyl (C=O) groups is 1. The highest BCUT2D eigenvalue weighted by Gasteiger charge is 2.22. The largest absolute Gasteiger partial charge is 0.397 e. The summed E-state index contributed by atoms with van der Waals surface area (Å²) in [5.41, 5.74) is 7.19. The fourth-order valence-corrected chi connectivity index (χ4v) is 2.45. The first-order valence-electron chi connectivity index (χ1n) is 6.83. The van der Waals surface area contributed by atoms with E-state index in [0.29, 0.717) is 16.4 Å². The molecule has 1 aromatic rings. The van der Waals surface area contributed by atoms with Crippen molar-refractivity contribution in [1.29, 1.82) is 0 Å². The number of hydrogen-bond acceptors (Lipinski definition) is 2. The van der Waals surface area contributed by atoms with Crippen LogP contribution in [0, 0.1) is 5.92 Å². The van der Waals surface area contributed by atoms with Crippen LogP contribution in [-0.2, 0) is 4.79 Å². The van der Waals surface area contributed by atoms with Crippen molar-refractivity contribution in [1.82, 2.24) is 0 Å². The molecule has 4 heteroatoms. The first-order chi connectivity index (χ1) is 9.01. The van der Waals surface area contributed by atoms with Gasteiger partial charge in [0.05, 0.1) is 11.4 Å². The zero-order valence-electron chi connectivity index (χ0n) is 11.9. The molecule has 1 rings (SSSR count). The Kier molecular flexibility index (Phi) is 6.16. The van der Waals surface area contributed by atoms with Gasteiger partial charge in [-0.05, 0) is 31.0 Å². The minimum absolute atomic E-state index is 0.0679. The molecule has 3 nitrogen and oxygen atoms in total. The minimum Gasteiger partial charge on any atom is -0.397 e. The summed E-state index contributed by atoms with van der Waals surface area (Å²) in [4.78, 5) is 14.2. The number of amides is 1. The molecule has 0 bridgehead atoms. The molecule has 0 unspecified atom stereocenters. The van der Waals surface area contributed by atoms with Crippen molar-refractivity contribution in [2.24, 2.45) is 5.92 Å². The molecular formula is C15H23ClN2O. The number of carbonyl (C=O) groups excluding carboxylic acids is 1. The molecule has 1 aromatic carbocycles. The van der Waals surface area contributed by atoms with Crippen LogP contribution in [0.15, 0.2) is 18.2 Å². The first kappa shape index (κ1) is 15.8. The molecule has 0 aromatic heterocycles. The van der Waals surface area contributed by atoms with E-state index in [2.05, 4.69) is 13.8 Å². The van der Waals surface area contributed by atoms with Crippen LogP contribution in [0.3, 0.4) is 0 Å². The number of nitrogens with zero attached hydrogens (tertiary/aromatic N) is 1. The molecule has 0 aliphatic heterocycles. The maximum absolute atomic E-state index is 12.5. The molecule has 2 N–H and O–H groups in total. The van der Waals surface area contributed by atoms with Gasteiger partial charge in [0.2, 0.25) is 5.91 Å². The fraction of sp³-hybridized carbons (Fsp3) is 0.533. The third-order valence-electron chi connectivity index (χ3n) is 3.31. The molecule has 106 valence electrons. The lowest BCUT2D eigenvalue weighted by Gasteiger charge is -2.24. The van der Waals surface area contributed by atoms with E-state index in [0.717, 1.165) is 25.7 Å². The van der Waals surface area contributed by atoms with E-state index >= 15 is 0 Å². The summed E-state index contributed by atoms with van der Waals surface area (Å²) in [5.74, 6) is 0.191. The van der Waals surface area contributed by atoms with Crippen molar-refractivity contribution in [2.75, 3.05) is 17.7 Å². The number of anilines is 2. The summed E-state index contributed by atoms with van der Waals surface area (Å²) in [7, 11) is 1.77. The number of rotatable bonds is 6. The predicted octanol–water partition coefficient (Wildman–Crippen LogP) is 4.10. The molecule has 0 aliphatic carbocycles. The molecule has 19 heavy (non-hydrogen) atoms. The highest BCUT2D eigenvalue weighted by Crippen LogP contribution is 2.28. The number of benzene rings is 1. The van der Waals surface area contributed by atoms with Crippen molar-refractivity contribution in [3.8, 4) is 0 Å². The lowest BCUT2D eigenvalue weighted by Crippen LogP contribution is -2.33. The second-order valence-electron chi connectivity index (χ2n) is 4.87. The summed E-state index contributed by atoms with van der Waals surface area (Å²) in [6.07, 6.45) is 3.85. The van der Waals surface area contributed by atoms with Gasteiger partial charge in [-0.1, -0.05) is 38.3 Å². The summed E-state index contributed by atoms with van der Waals surface area (Å²) in [6, 6.07) is 5.20. The quantitative estimate of drug-likeness (QED) is 0.799. The van der Waals surface area contributed by atoms with Crippen molar-refractivity contribution in [3.63, 3.8) is 0 Å². The van der Waals surface area contributed by atoms with Crippen molar-refractivity contribution in [3.05, 3.63) is 23.2 Å². The molecule has 0 radical (unpaired) electrons. The number of halogens is 1. The average Bonchev–Trinajstić information content (AvgIpc) is 2.39. The van der Waals surface area contributed by atoms with E-state index in [9.17, 15) is 4.79 Å². The Morgan fingerprint density at radius 3 is 2.42 bits per heavy atom. The number of nitrogen functional groups attached to an aromatic ring is 1. The lowest BCUT2D eigenvalue weighted by molar-refractivity contribution is -0.122. The topological polar surface area (TPSA) is 46.3 Å². The van der Waals surface area contributed by atoms with Crippen molar-refractivity contribution in [2.45, 2.75) is 39.5 Å². The van der Waals surface area contributed by atoms with E-state index < -0.39 is 0 Å². The minimum atomic E-state index is 0.0679. The monoisotopic (exact) mass is 282 g/mol. The van der Waals surface area contributed by atoms with Crippen LogP contribution in [0.2, 0.25) is 5.02 Å². The molecule has 0 heterocycles. The normalized spacial score (nSPS) is 10.8. The third-order valence-corrected chi connectivity index (χ3v) is 3.54. The van der Waals surface area contributed by atoms with E-state index in [4.69, 9.17) is 17.3 Å². The Morgan fingerprint density at radius 2 is 1.89 bits per heavy atom. The molecular weight excluding hydrogens is 260 g/mol. The predicted molar refractivity (Wildman–Crippen MR) is 82.6 cm³/mol. The molecule has 0 saturated heterocycles. The molecule has 1 amide bonds. The van der Waals surface area contributed by atoms with Gasteiger partial charge in [0, 0.05) is 18.0 Å². The Hall–Kier alpha value is -1.22. The van der Waals surface area contributed by atoms with Gasteiger partial charge in [0.1, 0.15) is 0 Å². The van der Waals surface area contributed by atoms with Gasteiger partial charge in [0.15, 0.2) is 0 Å². The van der Waals surface area contributed by atoms with Crippen molar-refractivity contribution < 1.29 is 4.79 Å². The summed E-state index contributed by atoms with van der Waals surface area (Å²) >= 11 is 5.97. The van der Waals surface area contributed by atoms with Crippen LogP contribution in [0.5, 0.6) is 0 Å². The highest BCUT2D eigenvalue weighted by atomic mass is 35.5. The average molecular weight is 283 g/mol. The van der Waals surface area contributed by atoms with E-state index in [1.165, 1.54) is 0 Å². The molecule has 0 atom stereocenters. The first-order valence-corrected chi connectivity index (χ1v) is 7.21. The number of hydrogen-bond donors (Lipinski definition) is 1. The van der Waals surface area contributed by atoms with Crippen LogP contribution >= 0.6 is 11.6 Å². The maximum atomic E-state index is 12.5. The summed E-state index contributed by atoms with van der Waals surface area (Å²) in [5, 5.41) is 0.589. The Morgan fingerprint density at radius 1 is 1.32 bits per heavy atom. The van der Waals surface area contributed by atoms with E-state index in [1.807, 2.05) is 0 Å². The summed E-state index contributed by atoms with van der Waals surface area (Å²) in [6.45, 7) is 4.20. The Balaban J connectivity index is 2.93. The van der Waals surface area contributed by atoms with Crippen molar-refractivity contribution >= 4 is 28.9 Å². The number of nitrogens with two attached hydrogens (primary N) is 1. The molecule has 0 fully saturated rings. The fourth-order valence-electron chi connectivity index (χ4n) is 2.29. The Bertz CT molecular complexity index is 428. The standard InChI is InChI=1S/C15H23ClN2O/c1-4-6-11(7-5-2)15(19)18(3)14-10-12(16)8-9-13(14)17/h8-11H,4-7,17H2,1-3H3.